The molecule has 0 spiro atoms. The van der Waals surface area contributed by atoms with Gasteiger partial charge in [0.1, 0.15) is 29.0 Å². The van der Waals surface area contributed by atoms with E-state index in [2.05, 4.69) is 42.0 Å². The normalized spacial score (nSPS) is 21.5. The Morgan fingerprint density at radius 1 is 1.09 bits per heavy atom. The Morgan fingerprint density at radius 2 is 1.93 bits per heavy atom. The number of likely N-dealkylation sites (tertiary alicyclic amines) is 1. The zero-order valence-corrected chi connectivity index (χ0v) is 25.7. The minimum absolute atomic E-state index is 0. The van der Waals surface area contributed by atoms with Crippen molar-refractivity contribution in [3.05, 3.63) is 59.7 Å². The molecule has 4 aromatic rings. The van der Waals surface area contributed by atoms with E-state index in [0.717, 1.165) is 50.9 Å². The molecule has 9 nitrogen and oxygen atoms in total. The van der Waals surface area contributed by atoms with E-state index < -0.39 is 17.8 Å². The summed E-state index contributed by atoms with van der Waals surface area (Å²) >= 11 is 0. The highest BCUT2D eigenvalue weighted by Crippen LogP contribution is 2.31. The summed E-state index contributed by atoms with van der Waals surface area (Å²) in [5.74, 6) is 0.145. The number of fused-ring (bicyclic) bond motifs is 1. The Balaban J connectivity index is 0.00000400. The Kier molecular flexibility index (Phi) is 8.58. The van der Waals surface area contributed by atoms with Crippen LogP contribution in [0.2, 0.25) is 0 Å². The van der Waals surface area contributed by atoms with Gasteiger partial charge in [0.2, 0.25) is 5.95 Å². The van der Waals surface area contributed by atoms with Crippen molar-refractivity contribution in [2.45, 2.75) is 64.9 Å². The molecular weight excluding hydrogens is 569 g/mol. The van der Waals surface area contributed by atoms with Crippen molar-refractivity contribution < 1.29 is 19.3 Å². The number of benzene rings is 1. The largest absolute Gasteiger partial charge is 0.373 e. The quantitative estimate of drug-likeness (QED) is 0.245. The number of aromatic nitrogens is 5. The van der Waals surface area contributed by atoms with Gasteiger partial charge in [-0.2, -0.15) is 0 Å². The number of anilines is 2. The highest BCUT2D eigenvalue weighted by atomic mass is 19.1. The molecule has 2 aliphatic heterocycles. The van der Waals surface area contributed by atoms with Gasteiger partial charge in [-0.3, -0.25) is 4.90 Å². The zero-order valence-electron chi connectivity index (χ0n) is 25.7. The Morgan fingerprint density at radius 3 is 2.66 bits per heavy atom. The number of hydrogen-bond acceptors (Lipinski definition) is 8. The third kappa shape index (κ3) is 6.57. The lowest BCUT2D eigenvalue weighted by Gasteiger charge is -2.41. The fraction of sp³-hybridized carbons (Fsp3) is 0.500. The van der Waals surface area contributed by atoms with E-state index >= 15 is 4.39 Å². The second-order valence-electron chi connectivity index (χ2n) is 12.5. The molecule has 0 radical (unpaired) electrons. The van der Waals surface area contributed by atoms with Crippen molar-refractivity contribution in [3.63, 3.8) is 0 Å². The Labute approximate surface area is 257 Å². The van der Waals surface area contributed by atoms with Gasteiger partial charge in [-0.25, -0.2) is 33.1 Å². The van der Waals surface area contributed by atoms with Crippen LogP contribution in [0, 0.1) is 18.6 Å². The highest BCUT2D eigenvalue weighted by molar-refractivity contribution is 5.83. The third-order valence-corrected chi connectivity index (χ3v) is 8.52. The number of hydrogen-bond donors (Lipinski definition) is 1. The molecule has 2 fully saturated rings. The lowest BCUT2D eigenvalue weighted by atomic mass is 9.99. The van der Waals surface area contributed by atoms with Crippen molar-refractivity contribution in [2.24, 2.45) is 0 Å². The van der Waals surface area contributed by atoms with Gasteiger partial charge in [0.05, 0.1) is 23.9 Å². The predicted molar refractivity (Wildman–Crippen MR) is 166 cm³/mol. The molecule has 5 heterocycles. The molecule has 1 aromatic carbocycles. The maximum Gasteiger partial charge on any atom is 0.229 e. The molecule has 236 valence electrons. The number of imidazole rings is 1. The Hall–Kier alpha value is -3.61. The van der Waals surface area contributed by atoms with E-state index in [4.69, 9.17) is 4.74 Å². The van der Waals surface area contributed by atoms with Crippen LogP contribution in [0.1, 0.15) is 52.5 Å². The molecule has 44 heavy (non-hydrogen) atoms. The summed E-state index contributed by atoms with van der Waals surface area (Å²) in [6, 6.07) is 6.83. The first-order valence-electron chi connectivity index (χ1n) is 15.2. The van der Waals surface area contributed by atoms with E-state index in [1.807, 2.05) is 37.5 Å². The minimum Gasteiger partial charge on any atom is -0.373 e. The summed E-state index contributed by atoms with van der Waals surface area (Å²) < 4.78 is 51.6. The van der Waals surface area contributed by atoms with Crippen LogP contribution >= 0.6 is 0 Å². The molecule has 12 heteroatoms. The number of pyridine rings is 1. The van der Waals surface area contributed by atoms with Gasteiger partial charge in [0, 0.05) is 58.5 Å². The van der Waals surface area contributed by atoms with Crippen LogP contribution in [0.15, 0.2) is 36.7 Å². The predicted octanol–water partition coefficient (Wildman–Crippen LogP) is 6.07. The molecule has 2 aliphatic rings. The van der Waals surface area contributed by atoms with Crippen LogP contribution in [0.4, 0.5) is 24.9 Å². The van der Waals surface area contributed by atoms with Gasteiger partial charge in [0.15, 0.2) is 11.6 Å². The number of halogens is 3. The number of aryl methyl sites for hydroxylation is 1. The fourth-order valence-corrected chi connectivity index (χ4v) is 6.34. The SMILES string of the molecule is Cc1nc2c(F)cc(-c3nc(Nc4ccc(CN5CCO[C@](C)(CCN6CC[C@H](F)C6)C5)cn4)ncc3F)cc2n1C(C)C.[HH]. The summed E-state index contributed by atoms with van der Waals surface area (Å²) in [5, 5.41) is 3.04. The molecule has 3 aromatic heterocycles. The van der Waals surface area contributed by atoms with Crippen LogP contribution in [-0.4, -0.2) is 85.4 Å². The first-order chi connectivity index (χ1) is 21.1. The van der Waals surface area contributed by atoms with Gasteiger partial charge in [-0.15, -0.1) is 0 Å². The van der Waals surface area contributed by atoms with Crippen LogP contribution in [-0.2, 0) is 11.3 Å². The second-order valence-corrected chi connectivity index (χ2v) is 12.5. The molecule has 0 bridgehead atoms. The molecule has 0 aliphatic carbocycles. The first kappa shape index (κ1) is 30.4. The summed E-state index contributed by atoms with van der Waals surface area (Å²) in [6.45, 7) is 13.1. The molecule has 0 unspecified atom stereocenters. The fourth-order valence-electron chi connectivity index (χ4n) is 6.34. The maximum atomic E-state index is 15.0. The van der Waals surface area contributed by atoms with Gasteiger partial charge < -0.3 is 19.5 Å². The maximum absolute atomic E-state index is 15.0. The molecule has 2 saturated heterocycles. The highest BCUT2D eigenvalue weighted by Gasteiger charge is 2.33. The number of nitrogens with one attached hydrogen (secondary N) is 1. The number of alkyl halides is 1. The summed E-state index contributed by atoms with van der Waals surface area (Å²) in [6.07, 6.45) is 3.64. The first-order valence-corrected chi connectivity index (χ1v) is 15.2. The van der Waals surface area contributed by atoms with Crippen molar-refractivity contribution in [2.75, 3.05) is 44.6 Å². The number of ether oxygens (including phenoxy) is 1. The van der Waals surface area contributed by atoms with Gasteiger partial charge in [-0.05, 0) is 64.3 Å². The van der Waals surface area contributed by atoms with Crippen molar-refractivity contribution in [1.82, 2.24) is 34.3 Å². The lowest BCUT2D eigenvalue weighted by Crippen LogP contribution is -2.50. The summed E-state index contributed by atoms with van der Waals surface area (Å²) in [5.41, 5.74) is 1.88. The van der Waals surface area contributed by atoms with E-state index in [1.54, 1.807) is 12.3 Å². The molecular formula is C32H41F3N8O. The molecule has 2 atom stereocenters. The summed E-state index contributed by atoms with van der Waals surface area (Å²) in [7, 11) is 0. The van der Waals surface area contributed by atoms with Crippen LogP contribution < -0.4 is 5.32 Å². The number of nitrogens with zero attached hydrogens (tertiary/aromatic N) is 7. The lowest BCUT2D eigenvalue weighted by molar-refractivity contribution is -0.106. The van der Waals surface area contributed by atoms with Gasteiger partial charge in [-0.1, -0.05) is 6.07 Å². The van der Waals surface area contributed by atoms with E-state index in [9.17, 15) is 8.78 Å². The van der Waals surface area contributed by atoms with Crippen molar-refractivity contribution >= 4 is 22.8 Å². The van der Waals surface area contributed by atoms with Crippen LogP contribution in [0.3, 0.4) is 0 Å². The molecule has 0 amide bonds. The third-order valence-electron chi connectivity index (χ3n) is 8.52. The average molecular weight is 611 g/mol. The number of morpholine rings is 1. The van der Waals surface area contributed by atoms with Crippen molar-refractivity contribution in [3.8, 4) is 11.3 Å². The second kappa shape index (κ2) is 12.4. The van der Waals surface area contributed by atoms with E-state index in [-0.39, 0.29) is 30.2 Å². The standard InChI is InChI=1S/C32H39F3N8O.H2/c1-20(2)43-21(3)38-30-25(34)13-23(14-27(30)43)29-26(35)16-37-31(40-29)39-28-6-5-22(15-36-28)17-42-11-12-44-32(4,19-42)8-10-41-9-7-24(33)18-41;/h5-6,13-16,20,24H,7-12,17-19H2,1-4H3,(H,36,37,39,40);1H/t24-,32+;/m0./s1. The molecule has 0 saturated carbocycles. The number of rotatable bonds is 9. The van der Waals surface area contributed by atoms with E-state index in [0.29, 0.717) is 42.3 Å². The minimum atomic E-state index is -0.710. The van der Waals surface area contributed by atoms with Crippen LogP contribution in [0.5, 0.6) is 0 Å². The van der Waals surface area contributed by atoms with Crippen molar-refractivity contribution in [1.29, 1.82) is 0 Å². The molecule has 1 N–H and O–H groups in total. The van der Waals surface area contributed by atoms with Gasteiger partial charge >= 0.3 is 0 Å². The molecule has 6 rings (SSSR count). The zero-order chi connectivity index (χ0) is 31.0. The van der Waals surface area contributed by atoms with Gasteiger partial charge in [0.25, 0.3) is 0 Å². The topological polar surface area (TPSA) is 84.2 Å². The monoisotopic (exact) mass is 610 g/mol. The average Bonchev–Trinajstić information content (AvgIpc) is 3.56. The summed E-state index contributed by atoms with van der Waals surface area (Å²) in [4.78, 5) is 21.9. The smallest absolute Gasteiger partial charge is 0.229 e. The van der Waals surface area contributed by atoms with Crippen LogP contribution in [0.25, 0.3) is 22.3 Å². The Bertz CT molecular complexity index is 1640. The van der Waals surface area contributed by atoms with E-state index in [1.165, 1.54) is 6.07 Å².